The molecule has 0 radical (unpaired) electrons. The van der Waals surface area contributed by atoms with Crippen molar-refractivity contribution in [3.8, 4) is 16.1 Å². The smallest absolute Gasteiger partial charge is 0.259 e. The molecule has 5 nitrogen and oxygen atoms in total. The van der Waals surface area contributed by atoms with Gasteiger partial charge in [-0.3, -0.25) is 9.79 Å². The first kappa shape index (κ1) is 19.6. The van der Waals surface area contributed by atoms with Crippen LogP contribution in [0.3, 0.4) is 0 Å². The number of fused-ring (bicyclic) bond motifs is 2. The molecule has 6 rings (SSSR count). The molecular weight excluding hydrogens is 428 g/mol. The fraction of sp³-hybridized carbons (Fsp3) is 0.0741. The van der Waals surface area contributed by atoms with Crippen molar-refractivity contribution >= 4 is 39.2 Å². The molecule has 0 fully saturated rings. The van der Waals surface area contributed by atoms with Gasteiger partial charge in [0.25, 0.3) is 5.91 Å². The Morgan fingerprint density at radius 2 is 1.85 bits per heavy atom. The number of thiophene rings is 1. The lowest BCUT2D eigenvalue weighted by molar-refractivity contribution is 0.102. The lowest BCUT2D eigenvalue weighted by Crippen LogP contribution is -2.13. The molecule has 1 aliphatic rings. The van der Waals surface area contributed by atoms with Gasteiger partial charge in [0.15, 0.2) is 0 Å². The Hall–Kier alpha value is -4.03. The van der Waals surface area contributed by atoms with Gasteiger partial charge in [-0.05, 0) is 59.8 Å². The minimum Gasteiger partial charge on any atom is -0.322 e. The second-order valence-corrected chi connectivity index (χ2v) is 9.14. The van der Waals surface area contributed by atoms with E-state index in [-0.39, 0.29) is 5.91 Å². The second kappa shape index (κ2) is 7.83. The Morgan fingerprint density at radius 3 is 2.70 bits per heavy atom. The predicted octanol–water partition coefficient (Wildman–Crippen LogP) is 6.25. The number of hydrogen-bond donors (Lipinski definition) is 1. The Kier molecular flexibility index (Phi) is 4.66. The van der Waals surface area contributed by atoms with E-state index in [9.17, 15) is 4.79 Å². The number of rotatable bonds is 4. The third kappa shape index (κ3) is 3.45. The third-order valence-electron chi connectivity index (χ3n) is 5.97. The number of nitrogens with zero attached hydrogens (tertiary/aromatic N) is 3. The zero-order valence-corrected chi connectivity index (χ0v) is 18.8. The summed E-state index contributed by atoms with van der Waals surface area (Å²) in [6.45, 7) is 2.57. The molecule has 1 aliphatic heterocycles. The molecule has 0 aliphatic carbocycles. The van der Waals surface area contributed by atoms with Gasteiger partial charge in [-0.15, -0.1) is 11.3 Å². The van der Waals surface area contributed by atoms with E-state index in [1.165, 1.54) is 20.5 Å². The number of benzene rings is 3. The molecule has 160 valence electrons. The number of amides is 1. The maximum Gasteiger partial charge on any atom is 0.259 e. The summed E-state index contributed by atoms with van der Waals surface area (Å²) >= 11 is 1.76. The molecular formula is C27H20N4OS. The number of anilines is 1. The number of hydrogen-bond acceptors (Lipinski definition) is 4. The number of para-hydroxylation sites is 1. The Labute approximate surface area is 195 Å². The molecule has 0 saturated carbocycles. The van der Waals surface area contributed by atoms with Crippen LogP contribution in [0.1, 0.15) is 27.2 Å². The summed E-state index contributed by atoms with van der Waals surface area (Å²) in [7, 11) is 0. The van der Waals surface area contributed by atoms with E-state index in [2.05, 4.69) is 51.8 Å². The molecule has 5 aromatic rings. The lowest BCUT2D eigenvalue weighted by atomic mass is 10.00. The monoisotopic (exact) mass is 448 g/mol. The summed E-state index contributed by atoms with van der Waals surface area (Å²) in [6.07, 6.45) is 3.51. The third-order valence-corrected chi connectivity index (χ3v) is 7.12. The van der Waals surface area contributed by atoms with Crippen molar-refractivity contribution in [1.29, 1.82) is 0 Å². The largest absolute Gasteiger partial charge is 0.322 e. The van der Waals surface area contributed by atoms with Crippen LogP contribution in [-0.4, -0.2) is 21.9 Å². The maximum absolute atomic E-state index is 13.2. The molecule has 6 heteroatoms. The van der Waals surface area contributed by atoms with Gasteiger partial charge in [-0.1, -0.05) is 36.4 Å². The Bertz CT molecular complexity index is 1510. The van der Waals surface area contributed by atoms with E-state index in [0.717, 1.165) is 28.2 Å². The number of aromatic nitrogens is 2. The first-order valence-corrected chi connectivity index (χ1v) is 11.6. The van der Waals surface area contributed by atoms with Crippen molar-refractivity contribution < 1.29 is 4.79 Å². The van der Waals surface area contributed by atoms with Gasteiger partial charge in [-0.25, -0.2) is 4.68 Å². The molecule has 1 N–H and O–H groups in total. The van der Waals surface area contributed by atoms with Gasteiger partial charge in [0.1, 0.15) is 0 Å². The van der Waals surface area contributed by atoms with Crippen molar-refractivity contribution in [3.63, 3.8) is 0 Å². The van der Waals surface area contributed by atoms with Crippen molar-refractivity contribution in [2.75, 3.05) is 5.32 Å². The fourth-order valence-corrected chi connectivity index (χ4v) is 5.39. The van der Waals surface area contributed by atoms with Gasteiger partial charge < -0.3 is 5.32 Å². The van der Waals surface area contributed by atoms with Crippen molar-refractivity contribution in [2.45, 2.75) is 13.5 Å². The zero-order valence-electron chi connectivity index (χ0n) is 17.9. The van der Waals surface area contributed by atoms with Crippen LogP contribution in [0.25, 0.3) is 26.2 Å². The molecule has 3 aromatic carbocycles. The van der Waals surface area contributed by atoms with Crippen molar-refractivity contribution in [1.82, 2.24) is 9.78 Å². The highest BCUT2D eigenvalue weighted by molar-refractivity contribution is 7.22. The summed E-state index contributed by atoms with van der Waals surface area (Å²) in [5.41, 5.74) is 6.41. The van der Waals surface area contributed by atoms with Gasteiger partial charge in [0.2, 0.25) is 0 Å². The number of aliphatic imine (C=N–C) groups is 1. The highest BCUT2D eigenvalue weighted by Gasteiger charge is 2.19. The van der Waals surface area contributed by atoms with Crippen LogP contribution < -0.4 is 5.32 Å². The standard InChI is InChI=1S/C27H20N4OS/c1-17-23(16-29-31(17)21-8-3-2-4-9-21)27(32)30-20-11-19-14-28-15-24(19)22(13-20)26-12-18-7-5-6-10-25(18)33-26/h2-14,16H,15H2,1H3,(H,30,32). The Morgan fingerprint density at radius 1 is 1.03 bits per heavy atom. The van der Waals surface area contributed by atoms with Crippen LogP contribution in [0, 0.1) is 6.92 Å². The maximum atomic E-state index is 13.2. The van der Waals surface area contributed by atoms with Gasteiger partial charge in [-0.2, -0.15) is 5.10 Å². The first-order chi connectivity index (χ1) is 16.2. The quantitative estimate of drug-likeness (QED) is 0.353. The van der Waals surface area contributed by atoms with Crippen molar-refractivity contribution in [3.05, 3.63) is 101 Å². The highest BCUT2D eigenvalue weighted by atomic mass is 32.1. The average molecular weight is 449 g/mol. The van der Waals surface area contributed by atoms with Crippen molar-refractivity contribution in [2.24, 2.45) is 4.99 Å². The predicted molar refractivity (Wildman–Crippen MR) is 135 cm³/mol. The van der Waals surface area contributed by atoms with E-state index in [4.69, 9.17) is 0 Å². The number of carbonyl (C=O) groups excluding carboxylic acids is 1. The molecule has 0 atom stereocenters. The van der Waals surface area contributed by atoms with Gasteiger partial charge in [0, 0.05) is 27.0 Å². The van der Waals surface area contributed by atoms with Crippen LogP contribution >= 0.6 is 11.3 Å². The molecule has 0 spiro atoms. The topological polar surface area (TPSA) is 59.3 Å². The van der Waals surface area contributed by atoms with E-state index in [0.29, 0.717) is 12.1 Å². The summed E-state index contributed by atoms with van der Waals surface area (Å²) in [6, 6.07) is 24.5. The summed E-state index contributed by atoms with van der Waals surface area (Å²) in [5, 5.41) is 8.75. The molecule has 0 unspecified atom stereocenters. The summed E-state index contributed by atoms with van der Waals surface area (Å²) < 4.78 is 3.03. The van der Waals surface area contributed by atoms with Gasteiger partial charge in [0.05, 0.1) is 29.7 Å². The lowest BCUT2D eigenvalue weighted by Gasteiger charge is -2.11. The van der Waals surface area contributed by atoms with Gasteiger partial charge >= 0.3 is 0 Å². The summed E-state index contributed by atoms with van der Waals surface area (Å²) in [4.78, 5) is 18.8. The minimum atomic E-state index is -0.174. The first-order valence-electron chi connectivity index (χ1n) is 10.7. The average Bonchev–Trinajstić information content (AvgIpc) is 3.57. The van der Waals surface area contributed by atoms with Crippen LogP contribution in [0.2, 0.25) is 0 Å². The van der Waals surface area contributed by atoms with Crippen LogP contribution in [0.4, 0.5) is 5.69 Å². The normalized spacial score (nSPS) is 12.3. The number of carbonyl (C=O) groups is 1. The summed E-state index contributed by atoms with van der Waals surface area (Å²) in [5.74, 6) is -0.174. The zero-order chi connectivity index (χ0) is 22.4. The molecule has 1 amide bonds. The molecule has 0 saturated heterocycles. The van der Waals surface area contributed by atoms with E-state index < -0.39 is 0 Å². The second-order valence-electron chi connectivity index (χ2n) is 8.05. The molecule has 0 bridgehead atoms. The Balaban J connectivity index is 1.35. The van der Waals surface area contributed by atoms with Crippen LogP contribution in [-0.2, 0) is 6.54 Å². The fourth-order valence-electron chi connectivity index (χ4n) is 4.29. The van der Waals surface area contributed by atoms with E-state index in [1.807, 2.05) is 49.5 Å². The van der Waals surface area contributed by atoms with E-state index >= 15 is 0 Å². The SMILES string of the molecule is Cc1c(C(=O)Nc2cc3c(c(-c4cc5ccccc5s4)c2)CN=C3)cnn1-c1ccccc1. The highest BCUT2D eigenvalue weighted by Crippen LogP contribution is 2.39. The molecule has 33 heavy (non-hydrogen) atoms. The minimum absolute atomic E-state index is 0.174. The van der Waals surface area contributed by atoms with E-state index in [1.54, 1.807) is 22.2 Å². The molecule has 2 aromatic heterocycles. The molecule has 3 heterocycles. The number of nitrogens with one attached hydrogen (secondary N) is 1. The van der Waals surface area contributed by atoms with Crippen LogP contribution in [0.5, 0.6) is 0 Å². The van der Waals surface area contributed by atoms with Crippen LogP contribution in [0.15, 0.2) is 84.0 Å².